The van der Waals surface area contributed by atoms with Crippen LogP contribution in [0.2, 0.25) is 0 Å². The molecule has 1 amide bonds. The van der Waals surface area contributed by atoms with E-state index in [4.69, 9.17) is 14.6 Å². The van der Waals surface area contributed by atoms with Crippen LogP contribution in [-0.2, 0) is 20.7 Å². The molecule has 7 nitrogen and oxygen atoms in total. The van der Waals surface area contributed by atoms with E-state index < -0.39 is 5.82 Å². The number of methoxy groups -OCH3 is 1. The standard InChI is InChI=1S/C21H23FN2O3.CH2O2/c1-27-21(26)17-6-4-5-15(12-17)11-16-9-10-24(13-16)14-20(25)23-19-8-3-2-7-18(19)22;2-1-3/h2-8,12,16H,9-11,13-14H2,1H3,(H,23,25);1H,(H,2,3). The molecule has 2 N–H and O–H groups in total. The lowest BCUT2D eigenvalue weighted by Crippen LogP contribution is -2.32. The summed E-state index contributed by atoms with van der Waals surface area (Å²) in [7, 11) is 1.37. The smallest absolute Gasteiger partial charge is 0.337 e. The van der Waals surface area contributed by atoms with Gasteiger partial charge in [0.2, 0.25) is 5.91 Å². The van der Waals surface area contributed by atoms with Gasteiger partial charge in [-0.1, -0.05) is 24.3 Å². The first-order chi connectivity index (χ1) is 14.5. The van der Waals surface area contributed by atoms with Gasteiger partial charge in [0.15, 0.2) is 0 Å². The molecule has 0 spiro atoms. The molecule has 1 aliphatic rings. The zero-order chi connectivity index (χ0) is 21.9. The second-order valence-corrected chi connectivity index (χ2v) is 6.92. The molecule has 3 rings (SSSR count). The molecule has 1 aliphatic heterocycles. The molecule has 1 heterocycles. The summed E-state index contributed by atoms with van der Waals surface area (Å²) in [6.07, 6.45) is 1.83. The Balaban J connectivity index is 0.00000101. The van der Waals surface area contributed by atoms with Crippen molar-refractivity contribution in [2.24, 2.45) is 5.92 Å². The summed E-state index contributed by atoms with van der Waals surface area (Å²) < 4.78 is 18.4. The number of amides is 1. The Morgan fingerprint density at radius 1 is 1.27 bits per heavy atom. The number of ether oxygens (including phenoxy) is 1. The maximum atomic E-state index is 13.6. The molecular weight excluding hydrogens is 391 g/mol. The minimum absolute atomic E-state index is 0.206. The summed E-state index contributed by atoms with van der Waals surface area (Å²) in [5, 5.41) is 9.51. The number of likely N-dealkylation sites (tertiary alicyclic amines) is 1. The van der Waals surface area contributed by atoms with Crippen molar-refractivity contribution in [3.63, 3.8) is 0 Å². The van der Waals surface area contributed by atoms with E-state index in [9.17, 15) is 14.0 Å². The molecule has 0 aliphatic carbocycles. The Bertz CT molecular complexity index is 874. The average Bonchev–Trinajstić information content (AvgIpc) is 3.16. The number of nitrogens with zero attached hydrogens (tertiary/aromatic N) is 1. The van der Waals surface area contributed by atoms with Gasteiger partial charge in [-0.05, 0) is 55.1 Å². The first kappa shape index (κ1) is 23.0. The molecule has 1 fully saturated rings. The lowest BCUT2D eigenvalue weighted by molar-refractivity contribution is -0.123. The Kier molecular flexibility index (Phi) is 8.96. The van der Waals surface area contributed by atoms with Gasteiger partial charge in [0.25, 0.3) is 6.47 Å². The van der Waals surface area contributed by atoms with Gasteiger partial charge in [-0.15, -0.1) is 0 Å². The summed E-state index contributed by atoms with van der Waals surface area (Å²) in [5.41, 5.74) is 1.84. The van der Waals surface area contributed by atoms with Crippen LogP contribution in [0.25, 0.3) is 0 Å². The molecule has 0 radical (unpaired) electrons. The number of para-hydroxylation sites is 1. The Labute approximate surface area is 174 Å². The van der Waals surface area contributed by atoms with Gasteiger partial charge in [0.05, 0.1) is 24.9 Å². The van der Waals surface area contributed by atoms with E-state index >= 15 is 0 Å². The summed E-state index contributed by atoms with van der Waals surface area (Å²) in [4.78, 5) is 34.3. The highest BCUT2D eigenvalue weighted by molar-refractivity contribution is 5.92. The van der Waals surface area contributed by atoms with E-state index in [0.29, 0.717) is 11.5 Å². The number of benzene rings is 2. The maximum absolute atomic E-state index is 13.6. The van der Waals surface area contributed by atoms with Crippen molar-refractivity contribution in [3.8, 4) is 0 Å². The monoisotopic (exact) mass is 416 g/mol. The number of carboxylic acid groups (broad SMARTS) is 1. The van der Waals surface area contributed by atoms with Crippen molar-refractivity contribution < 1.29 is 28.6 Å². The van der Waals surface area contributed by atoms with Gasteiger partial charge in [-0.2, -0.15) is 0 Å². The van der Waals surface area contributed by atoms with E-state index in [1.807, 2.05) is 18.2 Å². The Morgan fingerprint density at radius 3 is 2.70 bits per heavy atom. The second kappa shape index (κ2) is 11.7. The first-order valence-electron chi connectivity index (χ1n) is 9.48. The molecule has 2 aromatic carbocycles. The third kappa shape index (κ3) is 6.97. The fourth-order valence-electron chi connectivity index (χ4n) is 3.45. The van der Waals surface area contributed by atoms with Crippen molar-refractivity contribution >= 4 is 24.0 Å². The molecule has 0 aromatic heterocycles. The van der Waals surface area contributed by atoms with Gasteiger partial charge in [-0.25, -0.2) is 9.18 Å². The number of nitrogens with one attached hydrogen (secondary N) is 1. The minimum atomic E-state index is -0.435. The van der Waals surface area contributed by atoms with Crippen molar-refractivity contribution in [2.45, 2.75) is 12.8 Å². The summed E-state index contributed by atoms with van der Waals surface area (Å²) >= 11 is 0. The van der Waals surface area contributed by atoms with E-state index in [-0.39, 0.29) is 30.6 Å². The average molecular weight is 416 g/mol. The molecular formula is C22H25FN2O5. The number of rotatable bonds is 6. The van der Waals surface area contributed by atoms with Crippen LogP contribution in [0.5, 0.6) is 0 Å². The lowest BCUT2D eigenvalue weighted by Gasteiger charge is -2.16. The molecule has 1 atom stereocenters. The van der Waals surface area contributed by atoms with Crippen LogP contribution >= 0.6 is 0 Å². The lowest BCUT2D eigenvalue weighted by atomic mass is 9.97. The number of hydrogen-bond donors (Lipinski definition) is 2. The first-order valence-corrected chi connectivity index (χ1v) is 9.48. The van der Waals surface area contributed by atoms with Crippen LogP contribution in [0.3, 0.4) is 0 Å². The molecule has 1 saturated heterocycles. The van der Waals surface area contributed by atoms with Crippen LogP contribution in [0.1, 0.15) is 22.3 Å². The molecule has 8 heteroatoms. The fraction of sp³-hybridized carbons (Fsp3) is 0.318. The van der Waals surface area contributed by atoms with Crippen molar-refractivity contribution in [1.29, 1.82) is 0 Å². The second-order valence-electron chi connectivity index (χ2n) is 6.92. The zero-order valence-electron chi connectivity index (χ0n) is 16.7. The number of hydrogen-bond acceptors (Lipinski definition) is 5. The number of carbonyl (C=O) groups is 3. The van der Waals surface area contributed by atoms with Crippen LogP contribution in [0, 0.1) is 11.7 Å². The van der Waals surface area contributed by atoms with Crippen LogP contribution < -0.4 is 5.32 Å². The molecule has 0 saturated carbocycles. The highest BCUT2D eigenvalue weighted by Gasteiger charge is 2.24. The third-order valence-corrected chi connectivity index (χ3v) is 4.76. The molecule has 1 unspecified atom stereocenters. The predicted octanol–water partition coefficient (Wildman–Crippen LogP) is 2.82. The van der Waals surface area contributed by atoms with Crippen LogP contribution in [-0.4, -0.2) is 55.1 Å². The number of esters is 1. The fourth-order valence-corrected chi connectivity index (χ4v) is 3.45. The van der Waals surface area contributed by atoms with Crippen LogP contribution in [0.15, 0.2) is 48.5 Å². The number of carbonyl (C=O) groups excluding carboxylic acids is 2. The molecule has 160 valence electrons. The predicted molar refractivity (Wildman–Crippen MR) is 110 cm³/mol. The zero-order valence-corrected chi connectivity index (χ0v) is 16.7. The van der Waals surface area contributed by atoms with Gasteiger partial charge in [-0.3, -0.25) is 14.5 Å². The van der Waals surface area contributed by atoms with Gasteiger partial charge in [0.1, 0.15) is 5.82 Å². The summed E-state index contributed by atoms with van der Waals surface area (Å²) in [6, 6.07) is 13.6. The van der Waals surface area contributed by atoms with Gasteiger partial charge in [0, 0.05) is 6.54 Å². The van der Waals surface area contributed by atoms with Gasteiger partial charge >= 0.3 is 5.97 Å². The van der Waals surface area contributed by atoms with E-state index in [0.717, 1.165) is 31.5 Å². The summed E-state index contributed by atoms with van der Waals surface area (Å²) in [6.45, 7) is 1.62. The molecule has 30 heavy (non-hydrogen) atoms. The summed E-state index contributed by atoms with van der Waals surface area (Å²) in [5.74, 6) is -0.571. The topological polar surface area (TPSA) is 95.9 Å². The quantitative estimate of drug-likeness (QED) is 0.555. The third-order valence-electron chi connectivity index (χ3n) is 4.76. The SMILES string of the molecule is COC(=O)c1cccc(CC2CCN(CC(=O)Nc3ccccc3F)C2)c1.O=CO. The Morgan fingerprint density at radius 2 is 2.00 bits per heavy atom. The Hall–Kier alpha value is -3.26. The largest absolute Gasteiger partial charge is 0.483 e. The van der Waals surface area contributed by atoms with Crippen molar-refractivity contribution in [1.82, 2.24) is 4.90 Å². The molecule has 2 aromatic rings. The van der Waals surface area contributed by atoms with Crippen molar-refractivity contribution in [3.05, 3.63) is 65.5 Å². The highest BCUT2D eigenvalue weighted by atomic mass is 19.1. The highest BCUT2D eigenvalue weighted by Crippen LogP contribution is 2.22. The number of anilines is 1. The van der Waals surface area contributed by atoms with E-state index in [1.165, 1.54) is 13.2 Å². The molecule has 0 bridgehead atoms. The van der Waals surface area contributed by atoms with Crippen LogP contribution in [0.4, 0.5) is 10.1 Å². The normalized spacial score (nSPS) is 15.6. The van der Waals surface area contributed by atoms with E-state index in [1.54, 1.807) is 24.3 Å². The minimum Gasteiger partial charge on any atom is -0.483 e. The van der Waals surface area contributed by atoms with E-state index in [2.05, 4.69) is 10.2 Å². The number of halogens is 1. The maximum Gasteiger partial charge on any atom is 0.337 e. The van der Waals surface area contributed by atoms with Gasteiger partial charge < -0.3 is 15.2 Å². The van der Waals surface area contributed by atoms with Crippen molar-refractivity contribution in [2.75, 3.05) is 32.1 Å².